The number of nitrogens with zero attached hydrogens (tertiary/aromatic N) is 7. The van der Waals surface area contributed by atoms with Crippen LogP contribution >= 0.6 is 0 Å². The minimum atomic E-state index is -4.19. The molecular formula is C22H24F3N7O. The van der Waals surface area contributed by atoms with Crippen LogP contribution in [0.4, 0.5) is 19.1 Å². The molecule has 174 valence electrons. The van der Waals surface area contributed by atoms with Gasteiger partial charge in [0.05, 0.1) is 48.0 Å². The summed E-state index contributed by atoms with van der Waals surface area (Å²) in [5, 5.41) is 8.00. The predicted molar refractivity (Wildman–Crippen MR) is 114 cm³/mol. The monoisotopic (exact) mass is 459 g/mol. The summed E-state index contributed by atoms with van der Waals surface area (Å²) in [7, 11) is 0. The highest BCUT2D eigenvalue weighted by Gasteiger charge is 2.49. The van der Waals surface area contributed by atoms with Gasteiger partial charge in [-0.3, -0.25) is 0 Å². The highest BCUT2D eigenvalue weighted by molar-refractivity contribution is 5.75. The third-order valence-corrected chi connectivity index (χ3v) is 6.46. The van der Waals surface area contributed by atoms with Crippen molar-refractivity contribution < 1.29 is 17.9 Å². The molecule has 0 bridgehead atoms. The number of rotatable bonds is 3. The molecular weight excluding hydrogens is 435 g/mol. The predicted octanol–water partition coefficient (Wildman–Crippen LogP) is 3.77. The lowest BCUT2D eigenvalue weighted by Gasteiger charge is -2.37. The summed E-state index contributed by atoms with van der Waals surface area (Å²) in [5.41, 5.74) is 4.62. The molecule has 2 fully saturated rings. The van der Waals surface area contributed by atoms with Gasteiger partial charge in [-0.25, -0.2) is 15.0 Å². The number of alkyl halides is 3. The van der Waals surface area contributed by atoms with Gasteiger partial charge in [0.15, 0.2) is 5.65 Å². The van der Waals surface area contributed by atoms with E-state index in [4.69, 9.17) is 9.72 Å². The van der Waals surface area contributed by atoms with Gasteiger partial charge >= 0.3 is 6.18 Å². The maximum atomic E-state index is 13.1. The normalized spacial score (nSPS) is 23.6. The summed E-state index contributed by atoms with van der Waals surface area (Å²) in [4.78, 5) is 20.6. The molecule has 3 aromatic rings. The molecule has 1 saturated heterocycles. The van der Waals surface area contributed by atoms with E-state index in [1.807, 2.05) is 31.7 Å². The van der Waals surface area contributed by atoms with Crippen molar-refractivity contribution in [3.63, 3.8) is 0 Å². The first-order chi connectivity index (χ1) is 15.7. The number of morpholine rings is 1. The Kier molecular flexibility index (Phi) is 5.38. The Morgan fingerprint density at radius 2 is 1.79 bits per heavy atom. The van der Waals surface area contributed by atoms with Gasteiger partial charge in [0.25, 0.3) is 0 Å². The number of ether oxygens (including phenoxy) is 1. The molecule has 8 nitrogen and oxygen atoms in total. The molecule has 1 atom stereocenters. The minimum absolute atomic E-state index is 0.0113. The van der Waals surface area contributed by atoms with Crippen molar-refractivity contribution in [1.29, 1.82) is 0 Å². The average molecular weight is 459 g/mol. The number of hydrogen-bond donors (Lipinski definition) is 0. The first kappa shape index (κ1) is 21.9. The molecule has 33 heavy (non-hydrogen) atoms. The quantitative estimate of drug-likeness (QED) is 0.585. The van der Waals surface area contributed by atoms with E-state index in [9.17, 15) is 13.2 Å². The van der Waals surface area contributed by atoms with Crippen molar-refractivity contribution in [3.8, 4) is 0 Å². The van der Waals surface area contributed by atoms with Crippen molar-refractivity contribution in [2.24, 2.45) is 5.92 Å². The van der Waals surface area contributed by atoms with E-state index in [2.05, 4.69) is 25.1 Å². The van der Waals surface area contributed by atoms with E-state index in [0.29, 0.717) is 42.5 Å². The summed E-state index contributed by atoms with van der Waals surface area (Å²) in [6, 6.07) is 1.93. The van der Waals surface area contributed by atoms with E-state index in [-0.39, 0.29) is 24.9 Å². The van der Waals surface area contributed by atoms with E-state index >= 15 is 0 Å². The van der Waals surface area contributed by atoms with Gasteiger partial charge in [-0.1, -0.05) is 0 Å². The Morgan fingerprint density at radius 3 is 2.52 bits per heavy atom. The van der Waals surface area contributed by atoms with E-state index < -0.39 is 12.1 Å². The lowest BCUT2D eigenvalue weighted by molar-refractivity contribution is -0.197. The smallest absolute Gasteiger partial charge is 0.370 e. The van der Waals surface area contributed by atoms with Crippen LogP contribution in [-0.4, -0.2) is 56.0 Å². The maximum absolute atomic E-state index is 13.1. The molecule has 3 aromatic heterocycles. The van der Waals surface area contributed by atoms with Crippen LogP contribution in [0.2, 0.25) is 0 Å². The molecule has 0 N–H and O–H groups in total. The average Bonchev–Trinajstić information content (AvgIpc) is 2.73. The van der Waals surface area contributed by atoms with Crippen LogP contribution < -0.4 is 4.90 Å². The number of anilines is 1. The first-order valence-corrected chi connectivity index (χ1v) is 10.9. The Morgan fingerprint density at radius 1 is 1.03 bits per heavy atom. The molecule has 0 spiro atoms. The molecule has 1 aliphatic heterocycles. The highest BCUT2D eigenvalue weighted by atomic mass is 19.4. The van der Waals surface area contributed by atoms with Crippen molar-refractivity contribution in [3.05, 3.63) is 40.6 Å². The van der Waals surface area contributed by atoms with Crippen LogP contribution in [0, 0.1) is 26.7 Å². The Bertz CT molecular complexity index is 1200. The van der Waals surface area contributed by atoms with E-state index in [0.717, 1.165) is 22.6 Å². The largest absolute Gasteiger partial charge is 0.391 e. The number of halogens is 3. The molecule has 2 aliphatic rings. The van der Waals surface area contributed by atoms with Gasteiger partial charge in [-0.2, -0.15) is 28.4 Å². The van der Waals surface area contributed by atoms with Crippen LogP contribution in [0.5, 0.6) is 0 Å². The zero-order valence-electron chi connectivity index (χ0n) is 18.6. The van der Waals surface area contributed by atoms with Gasteiger partial charge < -0.3 is 9.64 Å². The topological polar surface area (TPSA) is 89.8 Å². The molecule has 11 heteroatoms. The summed E-state index contributed by atoms with van der Waals surface area (Å²) in [6.07, 6.45) is -2.72. The van der Waals surface area contributed by atoms with Gasteiger partial charge in [0.1, 0.15) is 11.6 Å². The van der Waals surface area contributed by atoms with Crippen LogP contribution in [0.25, 0.3) is 11.2 Å². The third kappa shape index (κ3) is 4.21. The van der Waals surface area contributed by atoms with Crippen molar-refractivity contribution in [2.75, 3.05) is 24.6 Å². The molecule has 0 amide bonds. The fourth-order valence-corrected chi connectivity index (χ4v) is 4.36. The van der Waals surface area contributed by atoms with Crippen LogP contribution in [0.3, 0.4) is 0 Å². The van der Waals surface area contributed by atoms with Crippen LogP contribution in [0.15, 0.2) is 12.3 Å². The molecule has 5 rings (SSSR count). The molecule has 0 radical (unpaired) electrons. The standard InChI is InChI=1S/C22H24F3N7O/c1-11-6-15(9-26-31-11)17-10-32(4-5-33-17)21-29-18(14-7-16(8-14)22(23,24)25)19-20(30-21)28-13(3)12(2)27-19/h6,9,14,16-17H,4-5,7-8,10H2,1-3H3/t14-,16+,17-/m0/s1. The lowest BCUT2D eigenvalue weighted by atomic mass is 9.72. The van der Waals surface area contributed by atoms with Gasteiger partial charge in [-0.05, 0) is 39.7 Å². The molecule has 1 aliphatic carbocycles. The molecule has 0 unspecified atom stereocenters. The summed E-state index contributed by atoms with van der Waals surface area (Å²) >= 11 is 0. The summed E-state index contributed by atoms with van der Waals surface area (Å²) < 4.78 is 45.3. The van der Waals surface area contributed by atoms with E-state index in [1.54, 1.807) is 6.20 Å². The van der Waals surface area contributed by atoms with E-state index in [1.165, 1.54) is 0 Å². The number of hydrogen-bond acceptors (Lipinski definition) is 8. The second kappa shape index (κ2) is 8.12. The van der Waals surface area contributed by atoms with Gasteiger partial charge in [0, 0.05) is 18.0 Å². The number of fused-ring (bicyclic) bond motifs is 1. The van der Waals surface area contributed by atoms with Gasteiger partial charge in [0.2, 0.25) is 5.95 Å². The lowest BCUT2D eigenvalue weighted by Crippen LogP contribution is -2.40. The minimum Gasteiger partial charge on any atom is -0.370 e. The second-order valence-electron chi connectivity index (χ2n) is 8.82. The van der Waals surface area contributed by atoms with Crippen molar-refractivity contribution >= 4 is 17.1 Å². The zero-order chi connectivity index (χ0) is 23.3. The van der Waals surface area contributed by atoms with Crippen molar-refractivity contribution in [1.82, 2.24) is 30.1 Å². The number of aryl methyl sites for hydroxylation is 3. The van der Waals surface area contributed by atoms with Crippen LogP contribution in [0.1, 0.15) is 53.2 Å². The summed E-state index contributed by atoms with van der Waals surface area (Å²) in [6.45, 7) is 7.05. The fraction of sp³-hybridized carbons (Fsp3) is 0.545. The highest BCUT2D eigenvalue weighted by Crippen LogP contribution is 2.50. The molecule has 0 aromatic carbocycles. The van der Waals surface area contributed by atoms with Crippen LogP contribution in [-0.2, 0) is 4.74 Å². The second-order valence-corrected chi connectivity index (χ2v) is 8.82. The number of aromatic nitrogens is 6. The fourth-order valence-electron chi connectivity index (χ4n) is 4.36. The maximum Gasteiger partial charge on any atom is 0.391 e. The Balaban J connectivity index is 1.50. The summed E-state index contributed by atoms with van der Waals surface area (Å²) in [5.74, 6) is -1.18. The first-order valence-electron chi connectivity index (χ1n) is 10.9. The molecule has 4 heterocycles. The molecule has 1 saturated carbocycles. The Labute approximate surface area is 188 Å². The van der Waals surface area contributed by atoms with Crippen molar-refractivity contribution in [2.45, 2.75) is 51.8 Å². The SMILES string of the molecule is Cc1cc([C@@H]2CN(c3nc4nc(C)c(C)nc4c([C@H]4C[C@@H](C(F)(F)F)C4)n3)CCO2)cnn1. The van der Waals surface area contributed by atoms with Gasteiger partial charge in [-0.15, -0.1) is 0 Å². The Hall–Kier alpha value is -2.95. The third-order valence-electron chi connectivity index (χ3n) is 6.46. The zero-order valence-corrected chi connectivity index (χ0v) is 18.6.